The Hall–Kier alpha value is -2.83. The van der Waals surface area contributed by atoms with E-state index in [4.69, 9.17) is 13.9 Å². The van der Waals surface area contributed by atoms with E-state index in [1.165, 1.54) is 0 Å². The lowest BCUT2D eigenvalue weighted by atomic mass is 10.1. The summed E-state index contributed by atoms with van der Waals surface area (Å²) in [6.07, 6.45) is 4.83. The van der Waals surface area contributed by atoms with Gasteiger partial charge in [-0.1, -0.05) is 0 Å². The number of carbonyl (C=O) groups excluding carboxylic acids is 2. The number of ether oxygens (including phenoxy) is 2. The maximum atomic E-state index is 12.1. The maximum Gasteiger partial charge on any atom is 0.344 e. The van der Waals surface area contributed by atoms with Gasteiger partial charge >= 0.3 is 11.6 Å². The van der Waals surface area contributed by atoms with Crippen molar-refractivity contribution >= 4 is 22.8 Å². The average Bonchev–Trinajstić information content (AvgIpc) is 3.41. The van der Waals surface area contributed by atoms with E-state index in [0.717, 1.165) is 48.6 Å². The Morgan fingerprint density at radius 3 is 2.79 bits per heavy atom. The van der Waals surface area contributed by atoms with Crippen LogP contribution in [-0.4, -0.2) is 31.1 Å². The highest BCUT2D eigenvalue weighted by Crippen LogP contribution is 2.32. The van der Waals surface area contributed by atoms with Crippen LogP contribution in [0.3, 0.4) is 0 Å². The van der Waals surface area contributed by atoms with Crippen molar-refractivity contribution in [1.29, 1.82) is 0 Å². The molecule has 1 N–H and O–H groups in total. The van der Waals surface area contributed by atoms with Gasteiger partial charge in [0.1, 0.15) is 11.3 Å². The quantitative estimate of drug-likeness (QED) is 0.579. The average molecular weight is 385 g/mol. The van der Waals surface area contributed by atoms with Crippen LogP contribution in [0, 0.1) is 5.92 Å². The van der Waals surface area contributed by atoms with Gasteiger partial charge in [-0.15, -0.1) is 0 Å². The third kappa shape index (κ3) is 4.03. The molecule has 1 atom stereocenters. The molecule has 0 radical (unpaired) electrons. The molecule has 1 aromatic heterocycles. The summed E-state index contributed by atoms with van der Waals surface area (Å²) in [5.74, 6) is -0.00617. The predicted molar refractivity (Wildman–Crippen MR) is 101 cm³/mol. The Morgan fingerprint density at radius 2 is 2.00 bits per heavy atom. The summed E-state index contributed by atoms with van der Waals surface area (Å²) < 4.78 is 15.8. The van der Waals surface area contributed by atoms with Crippen LogP contribution in [0.1, 0.15) is 37.3 Å². The topological polar surface area (TPSA) is 94.8 Å². The van der Waals surface area contributed by atoms with Crippen LogP contribution in [0.15, 0.2) is 27.4 Å². The molecule has 1 fully saturated rings. The minimum absolute atomic E-state index is 0.108. The normalized spacial score (nSPS) is 16.5. The number of hydrogen-bond donors (Lipinski definition) is 1. The van der Waals surface area contributed by atoms with Crippen molar-refractivity contribution in [3.05, 3.63) is 39.7 Å². The Balaban J connectivity index is 1.31. The molecule has 28 heavy (non-hydrogen) atoms. The Morgan fingerprint density at radius 1 is 1.21 bits per heavy atom. The van der Waals surface area contributed by atoms with Crippen molar-refractivity contribution < 1.29 is 23.5 Å². The second kappa shape index (κ2) is 7.66. The molecule has 0 unspecified atom stereocenters. The van der Waals surface area contributed by atoms with Crippen molar-refractivity contribution in [3.63, 3.8) is 0 Å². The van der Waals surface area contributed by atoms with E-state index >= 15 is 0 Å². The molecule has 7 heteroatoms. The molecule has 2 aliphatic carbocycles. The number of amides is 1. The van der Waals surface area contributed by atoms with E-state index in [1.807, 2.05) is 13.0 Å². The van der Waals surface area contributed by atoms with E-state index < -0.39 is 5.97 Å². The van der Waals surface area contributed by atoms with Crippen LogP contribution in [-0.2, 0) is 27.2 Å². The van der Waals surface area contributed by atoms with Gasteiger partial charge in [0, 0.05) is 23.1 Å². The van der Waals surface area contributed by atoms with Crippen LogP contribution in [0.5, 0.6) is 5.75 Å². The zero-order valence-corrected chi connectivity index (χ0v) is 15.8. The highest BCUT2D eigenvalue weighted by molar-refractivity contribution is 5.83. The second-order valence-corrected chi connectivity index (χ2v) is 7.50. The fraction of sp³-hybridized carbons (Fsp3) is 0.476. The first-order valence-electron chi connectivity index (χ1n) is 9.67. The third-order valence-electron chi connectivity index (χ3n) is 5.38. The van der Waals surface area contributed by atoms with Crippen LogP contribution in [0.2, 0.25) is 0 Å². The van der Waals surface area contributed by atoms with Gasteiger partial charge in [-0.05, 0) is 62.6 Å². The summed E-state index contributed by atoms with van der Waals surface area (Å²) in [5.41, 5.74) is 1.95. The lowest BCUT2D eigenvalue weighted by Gasteiger charge is -2.13. The predicted octanol–water partition coefficient (Wildman–Crippen LogP) is 2.12. The monoisotopic (exact) mass is 385 g/mol. The van der Waals surface area contributed by atoms with E-state index in [0.29, 0.717) is 17.3 Å². The molecule has 148 valence electrons. The SMILES string of the molecule is C[C@@H](NC(=O)COC(=O)COc1ccc2c3c(c(=O)oc2c1)CCC3)C1CC1. The Kier molecular flexibility index (Phi) is 5.07. The first-order valence-corrected chi connectivity index (χ1v) is 9.67. The third-order valence-corrected chi connectivity index (χ3v) is 5.38. The minimum Gasteiger partial charge on any atom is -0.482 e. The largest absolute Gasteiger partial charge is 0.482 e. The molecular formula is C21H23NO6. The summed E-state index contributed by atoms with van der Waals surface area (Å²) in [7, 11) is 0. The molecule has 1 amide bonds. The number of carbonyl (C=O) groups is 2. The summed E-state index contributed by atoms with van der Waals surface area (Å²) in [5, 5.41) is 3.72. The lowest BCUT2D eigenvalue weighted by molar-refractivity contribution is -0.150. The number of rotatable bonds is 7. The minimum atomic E-state index is -0.635. The van der Waals surface area contributed by atoms with Crippen molar-refractivity contribution in [1.82, 2.24) is 5.32 Å². The van der Waals surface area contributed by atoms with Crippen molar-refractivity contribution in [2.75, 3.05) is 13.2 Å². The lowest BCUT2D eigenvalue weighted by Crippen LogP contribution is -2.37. The smallest absolute Gasteiger partial charge is 0.344 e. The van der Waals surface area contributed by atoms with Gasteiger partial charge in [0.05, 0.1) is 0 Å². The highest BCUT2D eigenvalue weighted by Gasteiger charge is 2.29. The molecule has 2 aromatic rings. The van der Waals surface area contributed by atoms with Gasteiger partial charge < -0.3 is 19.2 Å². The van der Waals surface area contributed by atoms with E-state index in [9.17, 15) is 14.4 Å². The van der Waals surface area contributed by atoms with Gasteiger partial charge in [-0.25, -0.2) is 9.59 Å². The molecule has 0 saturated heterocycles. The second-order valence-electron chi connectivity index (χ2n) is 7.50. The molecule has 0 spiro atoms. The van der Waals surface area contributed by atoms with E-state index in [1.54, 1.807) is 12.1 Å². The van der Waals surface area contributed by atoms with E-state index in [2.05, 4.69) is 5.32 Å². The maximum absolute atomic E-state index is 12.1. The summed E-state index contributed by atoms with van der Waals surface area (Å²) in [6.45, 7) is 1.30. The number of nitrogens with one attached hydrogen (secondary N) is 1. The van der Waals surface area contributed by atoms with Crippen molar-refractivity contribution in [3.8, 4) is 5.75 Å². The zero-order valence-electron chi connectivity index (χ0n) is 15.8. The molecule has 7 nitrogen and oxygen atoms in total. The van der Waals surface area contributed by atoms with Crippen molar-refractivity contribution in [2.45, 2.75) is 45.1 Å². The standard InChI is InChI=1S/C21H23NO6/c1-12(13-5-6-13)22-19(23)10-27-20(24)11-26-14-7-8-16-15-3-2-4-17(15)21(25)28-18(16)9-14/h7-9,12-13H,2-6,10-11H2,1H3,(H,22,23)/t12-/m1/s1. The van der Waals surface area contributed by atoms with Crippen LogP contribution in [0.4, 0.5) is 0 Å². The van der Waals surface area contributed by atoms with Crippen LogP contribution >= 0.6 is 0 Å². The number of esters is 1. The number of benzene rings is 1. The fourth-order valence-electron chi connectivity index (χ4n) is 3.69. The van der Waals surface area contributed by atoms with Gasteiger partial charge in [-0.3, -0.25) is 4.79 Å². The van der Waals surface area contributed by atoms with Crippen LogP contribution in [0.25, 0.3) is 11.0 Å². The summed E-state index contributed by atoms with van der Waals surface area (Å²) in [4.78, 5) is 35.6. The first kappa shape index (κ1) is 18.5. The Labute approximate surface area is 162 Å². The molecule has 4 rings (SSSR count). The Bertz CT molecular complexity index is 975. The number of fused-ring (bicyclic) bond motifs is 3. The molecule has 1 saturated carbocycles. The van der Waals surface area contributed by atoms with Gasteiger partial charge in [0.2, 0.25) is 0 Å². The summed E-state index contributed by atoms with van der Waals surface area (Å²) >= 11 is 0. The molecule has 0 aliphatic heterocycles. The fourth-order valence-corrected chi connectivity index (χ4v) is 3.69. The van der Waals surface area contributed by atoms with E-state index in [-0.39, 0.29) is 30.8 Å². The summed E-state index contributed by atoms with van der Waals surface area (Å²) in [6, 6.07) is 5.29. The molecule has 2 aliphatic rings. The molecule has 1 heterocycles. The number of aryl methyl sites for hydroxylation is 1. The molecule has 0 bridgehead atoms. The van der Waals surface area contributed by atoms with Crippen LogP contribution < -0.4 is 15.7 Å². The molecule has 1 aromatic carbocycles. The van der Waals surface area contributed by atoms with Gasteiger partial charge in [0.25, 0.3) is 5.91 Å². The highest BCUT2D eigenvalue weighted by atomic mass is 16.6. The van der Waals surface area contributed by atoms with Crippen molar-refractivity contribution in [2.24, 2.45) is 5.92 Å². The number of hydrogen-bond acceptors (Lipinski definition) is 6. The van der Waals surface area contributed by atoms with Gasteiger partial charge in [0.15, 0.2) is 13.2 Å². The first-order chi connectivity index (χ1) is 13.5. The van der Waals surface area contributed by atoms with Gasteiger partial charge in [-0.2, -0.15) is 0 Å². The molecular weight excluding hydrogens is 362 g/mol. The zero-order chi connectivity index (χ0) is 19.7.